The van der Waals surface area contributed by atoms with Crippen LogP contribution in [0.3, 0.4) is 0 Å². The van der Waals surface area contributed by atoms with E-state index in [9.17, 15) is 0 Å². The molecule has 1 aliphatic carbocycles. The van der Waals surface area contributed by atoms with Crippen LogP contribution in [0.25, 0.3) is 0 Å². The van der Waals surface area contributed by atoms with Crippen molar-refractivity contribution in [1.29, 1.82) is 0 Å². The van der Waals surface area contributed by atoms with Gasteiger partial charge in [-0.05, 0) is 48.9 Å². The molecule has 0 N–H and O–H groups in total. The Hall–Kier alpha value is -1.42. The molecular weight excluding hydrogens is 316 g/mol. The highest BCUT2D eigenvalue weighted by atomic mass is 79.9. The van der Waals surface area contributed by atoms with Gasteiger partial charge < -0.3 is 4.74 Å². The van der Waals surface area contributed by atoms with Crippen molar-refractivity contribution in [2.45, 2.75) is 39.0 Å². The van der Waals surface area contributed by atoms with Crippen molar-refractivity contribution in [3.05, 3.63) is 45.8 Å². The van der Waals surface area contributed by atoms with Gasteiger partial charge in [-0.1, -0.05) is 29.8 Å². The van der Waals surface area contributed by atoms with Crippen molar-refractivity contribution >= 4 is 15.9 Å². The number of aryl methyl sites for hydroxylation is 1. The summed E-state index contributed by atoms with van der Waals surface area (Å²) in [6.07, 6.45) is 4.79. The largest absolute Gasteiger partial charge is 0.438 e. The summed E-state index contributed by atoms with van der Waals surface area (Å²) in [7, 11) is 0. The lowest BCUT2D eigenvalue weighted by Gasteiger charge is -2.15. The van der Waals surface area contributed by atoms with Gasteiger partial charge in [-0.25, -0.2) is 9.97 Å². The molecule has 1 heterocycles. The maximum Gasteiger partial charge on any atom is 0.225 e. The molecule has 0 saturated heterocycles. The Morgan fingerprint density at radius 2 is 2.05 bits per heavy atom. The summed E-state index contributed by atoms with van der Waals surface area (Å²) in [6, 6.07) is 6.12. The lowest BCUT2D eigenvalue weighted by atomic mass is 10.0. The Balaban J connectivity index is 1.98. The highest BCUT2D eigenvalue weighted by molar-refractivity contribution is 9.10. The van der Waals surface area contributed by atoms with Crippen LogP contribution in [0, 0.1) is 0 Å². The van der Waals surface area contributed by atoms with Crippen molar-refractivity contribution in [1.82, 2.24) is 9.97 Å². The molecule has 1 aromatic carbocycles. The van der Waals surface area contributed by atoms with Crippen LogP contribution in [0.2, 0.25) is 0 Å². The topological polar surface area (TPSA) is 35.0 Å². The fourth-order valence-corrected chi connectivity index (χ4v) is 2.96. The van der Waals surface area contributed by atoms with Crippen LogP contribution in [0.15, 0.2) is 29.0 Å². The predicted octanol–water partition coefficient (Wildman–Crippen LogP) is 4.64. The molecule has 0 saturated carbocycles. The summed E-state index contributed by atoms with van der Waals surface area (Å²) in [5.74, 6) is 2.00. The minimum Gasteiger partial charge on any atom is -0.438 e. The highest BCUT2D eigenvalue weighted by Crippen LogP contribution is 2.35. The third kappa shape index (κ3) is 2.57. The number of hydrogen-bond acceptors (Lipinski definition) is 3. The van der Waals surface area contributed by atoms with Crippen molar-refractivity contribution in [3.63, 3.8) is 0 Å². The average molecular weight is 333 g/mol. The summed E-state index contributed by atoms with van der Waals surface area (Å²) in [4.78, 5) is 8.66. The van der Waals surface area contributed by atoms with E-state index >= 15 is 0 Å². The zero-order chi connectivity index (χ0) is 14.1. The minimum absolute atomic E-state index is 0.400. The molecule has 1 aliphatic rings. The number of ether oxygens (including phenoxy) is 1. The molecule has 4 heteroatoms. The van der Waals surface area contributed by atoms with Crippen LogP contribution >= 0.6 is 15.9 Å². The number of halogens is 1. The molecular formula is C16H17BrN2O. The lowest BCUT2D eigenvalue weighted by Crippen LogP contribution is -1.99. The third-order valence-corrected chi connectivity index (χ3v) is 4.13. The zero-order valence-corrected chi connectivity index (χ0v) is 13.3. The Bertz CT molecular complexity index is 640. The van der Waals surface area contributed by atoms with Gasteiger partial charge in [0.15, 0.2) is 0 Å². The van der Waals surface area contributed by atoms with Gasteiger partial charge in [0.1, 0.15) is 12.1 Å². The Labute approximate surface area is 127 Å². The van der Waals surface area contributed by atoms with Gasteiger partial charge >= 0.3 is 0 Å². The van der Waals surface area contributed by atoms with Gasteiger partial charge in [0.25, 0.3) is 0 Å². The molecule has 0 amide bonds. The first-order valence-electron chi connectivity index (χ1n) is 6.95. The second-order valence-corrected chi connectivity index (χ2v) is 6.31. The van der Waals surface area contributed by atoms with Crippen LogP contribution in [0.1, 0.15) is 43.0 Å². The average Bonchev–Trinajstić information content (AvgIpc) is 2.90. The number of nitrogens with zero attached hydrogens (tertiary/aromatic N) is 2. The van der Waals surface area contributed by atoms with Gasteiger partial charge in [0.05, 0.1) is 5.69 Å². The first kappa shape index (κ1) is 13.6. The molecule has 2 aromatic rings. The molecule has 0 fully saturated rings. The lowest BCUT2D eigenvalue weighted by molar-refractivity contribution is 0.447. The molecule has 0 spiro atoms. The van der Waals surface area contributed by atoms with E-state index in [2.05, 4.69) is 45.8 Å². The molecule has 3 nitrogen and oxygen atoms in total. The molecule has 1 aromatic heterocycles. The van der Waals surface area contributed by atoms with E-state index in [0.717, 1.165) is 41.1 Å². The second kappa shape index (κ2) is 5.52. The van der Waals surface area contributed by atoms with E-state index in [0.29, 0.717) is 5.92 Å². The molecule has 0 atom stereocenters. The fraction of sp³-hybridized carbons (Fsp3) is 0.375. The first-order valence-corrected chi connectivity index (χ1v) is 7.74. The smallest absolute Gasteiger partial charge is 0.225 e. The van der Waals surface area contributed by atoms with Crippen molar-refractivity contribution in [2.75, 3.05) is 0 Å². The first-order chi connectivity index (χ1) is 9.65. The predicted molar refractivity (Wildman–Crippen MR) is 82.4 cm³/mol. The summed E-state index contributed by atoms with van der Waals surface area (Å²) in [6.45, 7) is 4.33. The molecule has 20 heavy (non-hydrogen) atoms. The number of hydrogen-bond donors (Lipinski definition) is 0. The van der Waals surface area contributed by atoms with Crippen LogP contribution in [0.5, 0.6) is 11.6 Å². The molecule has 0 bridgehead atoms. The minimum atomic E-state index is 0.400. The highest BCUT2D eigenvalue weighted by Gasteiger charge is 2.19. The van der Waals surface area contributed by atoms with Crippen LogP contribution in [-0.2, 0) is 12.8 Å². The maximum absolute atomic E-state index is 6.10. The summed E-state index contributed by atoms with van der Waals surface area (Å²) in [5, 5.41) is 0. The van der Waals surface area contributed by atoms with Gasteiger partial charge in [-0.3, -0.25) is 0 Å². The van der Waals surface area contributed by atoms with Crippen molar-refractivity contribution in [3.8, 4) is 11.6 Å². The molecule has 3 rings (SSSR count). The zero-order valence-electron chi connectivity index (χ0n) is 11.7. The summed E-state index contributed by atoms with van der Waals surface area (Å²) >= 11 is 3.52. The number of fused-ring (bicyclic) bond motifs is 1. The number of rotatable bonds is 3. The van der Waals surface area contributed by atoms with E-state index in [1.54, 1.807) is 6.33 Å². The summed E-state index contributed by atoms with van der Waals surface area (Å²) in [5.41, 5.74) is 3.49. The van der Waals surface area contributed by atoms with E-state index in [1.165, 1.54) is 11.1 Å². The quantitative estimate of drug-likeness (QED) is 0.820. The van der Waals surface area contributed by atoms with Crippen molar-refractivity contribution in [2.24, 2.45) is 0 Å². The Kier molecular flexibility index (Phi) is 3.74. The van der Waals surface area contributed by atoms with Crippen LogP contribution < -0.4 is 4.74 Å². The van der Waals surface area contributed by atoms with Gasteiger partial charge in [0, 0.05) is 10.0 Å². The second-order valence-electron chi connectivity index (χ2n) is 5.40. The normalized spacial score (nSPS) is 13.6. The van der Waals surface area contributed by atoms with E-state index in [4.69, 9.17) is 4.74 Å². The molecule has 0 unspecified atom stereocenters. The number of aromatic nitrogens is 2. The van der Waals surface area contributed by atoms with E-state index < -0.39 is 0 Å². The van der Waals surface area contributed by atoms with Gasteiger partial charge in [-0.2, -0.15) is 0 Å². The van der Waals surface area contributed by atoms with E-state index in [-0.39, 0.29) is 0 Å². The number of benzene rings is 1. The standard InChI is InChI=1S/C16H17BrN2O/c1-10(2)13-8-11(17)6-7-15(13)20-16-12-4-3-5-14(12)18-9-19-16/h6-10H,3-5H2,1-2H3. The molecule has 104 valence electrons. The van der Waals surface area contributed by atoms with Crippen LogP contribution in [0.4, 0.5) is 0 Å². The molecule has 0 aliphatic heterocycles. The van der Waals surface area contributed by atoms with Crippen molar-refractivity contribution < 1.29 is 4.74 Å². The SMILES string of the molecule is CC(C)c1cc(Br)ccc1Oc1ncnc2c1CCC2. The Morgan fingerprint density at radius 3 is 2.85 bits per heavy atom. The monoisotopic (exact) mass is 332 g/mol. The van der Waals surface area contributed by atoms with Gasteiger partial charge in [-0.15, -0.1) is 0 Å². The maximum atomic E-state index is 6.10. The molecule has 0 radical (unpaired) electrons. The van der Waals surface area contributed by atoms with Gasteiger partial charge in [0.2, 0.25) is 5.88 Å². The third-order valence-electron chi connectivity index (χ3n) is 3.64. The fourth-order valence-electron chi connectivity index (χ4n) is 2.59. The van der Waals surface area contributed by atoms with Crippen LogP contribution in [-0.4, -0.2) is 9.97 Å². The Morgan fingerprint density at radius 1 is 1.20 bits per heavy atom. The summed E-state index contributed by atoms with van der Waals surface area (Å²) < 4.78 is 7.17. The van der Waals surface area contributed by atoms with E-state index in [1.807, 2.05) is 12.1 Å².